The van der Waals surface area contributed by atoms with Gasteiger partial charge in [-0.2, -0.15) is 0 Å². The van der Waals surface area contributed by atoms with Crippen LogP contribution in [0.4, 0.5) is 14.5 Å². The first-order valence-electron chi connectivity index (χ1n) is 10.3. The fraction of sp³-hybridized carbons (Fsp3) is 0.619. The minimum absolute atomic E-state index is 0.113. The molecule has 0 saturated carbocycles. The number of anilines is 1. The highest BCUT2D eigenvalue weighted by Crippen LogP contribution is 2.25. The minimum Gasteiger partial charge on any atom is -0.466 e. The highest BCUT2D eigenvalue weighted by atomic mass is 19.2. The summed E-state index contributed by atoms with van der Waals surface area (Å²) in [5.74, 6) is -0.706. The van der Waals surface area contributed by atoms with Crippen LogP contribution in [-0.4, -0.2) is 63.2 Å². The highest BCUT2D eigenvalue weighted by Gasteiger charge is 2.29. The van der Waals surface area contributed by atoms with Gasteiger partial charge in [0, 0.05) is 51.5 Å². The number of likely N-dealkylation sites (tertiary alicyclic amines) is 1. The lowest BCUT2D eigenvalue weighted by Gasteiger charge is -2.34. The molecule has 29 heavy (non-hydrogen) atoms. The van der Waals surface area contributed by atoms with Crippen LogP contribution >= 0.6 is 0 Å². The van der Waals surface area contributed by atoms with Gasteiger partial charge in [0.15, 0.2) is 17.6 Å². The Balaban J connectivity index is 1.51. The summed E-state index contributed by atoms with van der Waals surface area (Å²) >= 11 is 0. The van der Waals surface area contributed by atoms with E-state index < -0.39 is 11.6 Å². The molecule has 2 aliphatic rings. The molecule has 0 amide bonds. The molecule has 0 aliphatic carbocycles. The molecule has 160 valence electrons. The largest absolute Gasteiger partial charge is 0.466 e. The maximum atomic E-state index is 13.5. The van der Waals surface area contributed by atoms with Crippen LogP contribution in [0.15, 0.2) is 23.2 Å². The zero-order valence-electron chi connectivity index (χ0n) is 17.2. The number of carbonyl (C=O) groups excluding carboxylic acids is 1. The predicted octanol–water partition coefficient (Wildman–Crippen LogP) is 2.64. The molecule has 2 fully saturated rings. The van der Waals surface area contributed by atoms with Crippen LogP contribution in [0.25, 0.3) is 0 Å². The van der Waals surface area contributed by atoms with Crippen LogP contribution in [-0.2, 0) is 9.53 Å². The summed E-state index contributed by atoms with van der Waals surface area (Å²) in [5, 5.41) is 3.43. The third kappa shape index (κ3) is 5.36. The van der Waals surface area contributed by atoms with Gasteiger partial charge in [-0.15, -0.1) is 0 Å². The van der Waals surface area contributed by atoms with Crippen molar-refractivity contribution in [2.75, 3.05) is 51.3 Å². The average molecular weight is 408 g/mol. The maximum Gasteiger partial charge on any atom is 0.310 e. The lowest BCUT2D eigenvalue weighted by Crippen LogP contribution is -2.49. The number of esters is 1. The third-order valence-corrected chi connectivity index (χ3v) is 5.66. The van der Waals surface area contributed by atoms with E-state index in [0.717, 1.165) is 51.4 Å². The number of hydrogen-bond donors (Lipinski definition) is 1. The number of benzene rings is 1. The normalized spacial score (nSPS) is 22.7. The Bertz CT molecular complexity index is 743. The molecule has 2 saturated heterocycles. The van der Waals surface area contributed by atoms with Crippen molar-refractivity contribution in [2.45, 2.75) is 26.2 Å². The predicted molar refractivity (Wildman–Crippen MR) is 109 cm³/mol. The maximum absolute atomic E-state index is 13.5. The lowest BCUT2D eigenvalue weighted by molar-refractivity contribution is -0.149. The fourth-order valence-electron chi connectivity index (χ4n) is 4.11. The van der Waals surface area contributed by atoms with E-state index >= 15 is 0 Å². The third-order valence-electron chi connectivity index (χ3n) is 5.66. The molecule has 1 aromatic carbocycles. The summed E-state index contributed by atoms with van der Waals surface area (Å²) < 4.78 is 31.8. The molecule has 8 heteroatoms. The number of hydrogen-bond acceptors (Lipinski definition) is 4. The summed E-state index contributed by atoms with van der Waals surface area (Å²) in [5.41, 5.74) is 0.712. The van der Waals surface area contributed by atoms with E-state index in [4.69, 9.17) is 4.74 Å². The molecule has 2 atom stereocenters. The number of aliphatic imine (C=N–C) groups is 1. The second-order valence-corrected chi connectivity index (χ2v) is 7.66. The van der Waals surface area contributed by atoms with Crippen molar-refractivity contribution < 1.29 is 18.3 Å². The first-order valence-corrected chi connectivity index (χ1v) is 10.3. The van der Waals surface area contributed by atoms with Crippen LogP contribution in [0.5, 0.6) is 0 Å². The van der Waals surface area contributed by atoms with Gasteiger partial charge in [-0.25, -0.2) is 8.78 Å². The smallest absolute Gasteiger partial charge is 0.310 e. The molecule has 3 rings (SSSR count). The molecule has 2 aliphatic heterocycles. The van der Waals surface area contributed by atoms with Crippen molar-refractivity contribution in [3.05, 3.63) is 29.8 Å². The quantitative estimate of drug-likeness (QED) is 0.461. The van der Waals surface area contributed by atoms with Gasteiger partial charge in [-0.3, -0.25) is 9.79 Å². The number of nitrogens with zero attached hydrogens (tertiary/aromatic N) is 3. The first kappa shape index (κ1) is 21.3. The number of halogens is 2. The number of nitrogens with one attached hydrogen (secondary N) is 1. The van der Waals surface area contributed by atoms with Crippen molar-refractivity contribution >= 4 is 17.6 Å². The van der Waals surface area contributed by atoms with E-state index in [-0.39, 0.29) is 11.9 Å². The van der Waals surface area contributed by atoms with E-state index in [1.54, 1.807) is 13.1 Å². The second kappa shape index (κ2) is 9.89. The number of piperidine rings is 1. The Hall–Kier alpha value is -2.38. The van der Waals surface area contributed by atoms with Gasteiger partial charge < -0.3 is 19.9 Å². The lowest BCUT2D eigenvalue weighted by atomic mass is 9.98. The standard InChI is InChI=1S/C21H30F2N4O2/c1-3-29-20(28)16-5-4-9-27(14-16)21(24-2)25-12-15-8-10-26(13-15)17-6-7-18(22)19(23)11-17/h6-7,11,15-16H,3-5,8-10,12-14H2,1-2H3,(H,24,25). The van der Waals surface area contributed by atoms with E-state index in [1.165, 1.54) is 12.1 Å². The van der Waals surface area contributed by atoms with E-state index in [9.17, 15) is 13.6 Å². The molecule has 1 aromatic rings. The van der Waals surface area contributed by atoms with Gasteiger partial charge in [-0.05, 0) is 44.2 Å². The monoisotopic (exact) mass is 408 g/mol. The number of carbonyl (C=O) groups is 1. The number of guanidine groups is 1. The molecule has 0 radical (unpaired) electrons. The van der Waals surface area contributed by atoms with Crippen molar-refractivity contribution in [1.29, 1.82) is 0 Å². The molecule has 0 aromatic heterocycles. The topological polar surface area (TPSA) is 57.2 Å². The SMILES string of the molecule is CCOC(=O)C1CCCN(C(=NC)NCC2CCN(c3ccc(F)c(F)c3)C2)C1. The summed E-state index contributed by atoms with van der Waals surface area (Å²) in [7, 11) is 1.75. The van der Waals surface area contributed by atoms with Gasteiger partial charge in [0.25, 0.3) is 0 Å². The minimum atomic E-state index is -0.822. The molecule has 0 spiro atoms. The Morgan fingerprint density at radius 1 is 1.24 bits per heavy atom. The molecule has 6 nitrogen and oxygen atoms in total. The van der Waals surface area contributed by atoms with Crippen LogP contribution < -0.4 is 10.2 Å². The molecular formula is C21H30F2N4O2. The van der Waals surface area contributed by atoms with Crippen molar-refractivity contribution in [1.82, 2.24) is 10.2 Å². The molecule has 2 unspecified atom stereocenters. The van der Waals surface area contributed by atoms with Crippen LogP contribution in [0.3, 0.4) is 0 Å². The summed E-state index contributed by atoms with van der Waals surface area (Å²) in [6.07, 6.45) is 2.74. The average Bonchev–Trinajstić information content (AvgIpc) is 3.20. The zero-order valence-corrected chi connectivity index (χ0v) is 17.2. The molecular weight excluding hydrogens is 378 g/mol. The van der Waals surface area contributed by atoms with Gasteiger partial charge in [-0.1, -0.05) is 0 Å². The Labute approximate surface area is 170 Å². The first-order chi connectivity index (χ1) is 14.0. The molecule has 0 bridgehead atoms. The summed E-state index contributed by atoms with van der Waals surface area (Å²) in [6.45, 7) is 6.03. The van der Waals surface area contributed by atoms with Crippen molar-refractivity contribution in [3.8, 4) is 0 Å². The second-order valence-electron chi connectivity index (χ2n) is 7.66. The summed E-state index contributed by atoms with van der Waals surface area (Å²) in [6, 6.07) is 4.05. The van der Waals surface area contributed by atoms with E-state index in [0.29, 0.717) is 24.8 Å². The highest BCUT2D eigenvalue weighted by molar-refractivity contribution is 5.81. The van der Waals surface area contributed by atoms with Crippen molar-refractivity contribution in [3.63, 3.8) is 0 Å². The zero-order chi connectivity index (χ0) is 20.8. The number of rotatable bonds is 5. The van der Waals surface area contributed by atoms with Gasteiger partial charge >= 0.3 is 5.97 Å². The van der Waals surface area contributed by atoms with Gasteiger partial charge in [0.05, 0.1) is 12.5 Å². The van der Waals surface area contributed by atoms with E-state index in [1.807, 2.05) is 6.92 Å². The van der Waals surface area contributed by atoms with Gasteiger partial charge in [0.2, 0.25) is 0 Å². The Morgan fingerprint density at radius 2 is 2.07 bits per heavy atom. The van der Waals surface area contributed by atoms with Crippen LogP contribution in [0, 0.1) is 23.5 Å². The Morgan fingerprint density at radius 3 is 2.79 bits per heavy atom. The molecule has 1 N–H and O–H groups in total. The van der Waals surface area contributed by atoms with Crippen molar-refractivity contribution in [2.24, 2.45) is 16.8 Å². The summed E-state index contributed by atoms with van der Waals surface area (Å²) in [4.78, 5) is 20.7. The molecule has 2 heterocycles. The van der Waals surface area contributed by atoms with Gasteiger partial charge in [0.1, 0.15) is 0 Å². The number of ether oxygens (including phenoxy) is 1. The van der Waals surface area contributed by atoms with Crippen LogP contribution in [0.2, 0.25) is 0 Å². The van der Waals surface area contributed by atoms with E-state index in [2.05, 4.69) is 20.1 Å². The Kier molecular flexibility index (Phi) is 7.28. The fourth-order valence-corrected chi connectivity index (χ4v) is 4.11. The van der Waals surface area contributed by atoms with Crippen LogP contribution in [0.1, 0.15) is 26.2 Å².